The fraction of sp³-hybridized carbons (Fsp3) is 0.133. The van der Waals surface area contributed by atoms with Crippen molar-refractivity contribution >= 4 is 37.6 Å². The zero-order chi connectivity index (χ0) is 14.2. The van der Waals surface area contributed by atoms with E-state index in [2.05, 4.69) is 37.0 Å². The number of hydrogen-bond acceptors (Lipinski definition) is 3. The molecule has 3 rings (SSSR count). The van der Waals surface area contributed by atoms with Gasteiger partial charge in [-0.2, -0.15) is 0 Å². The summed E-state index contributed by atoms with van der Waals surface area (Å²) in [7, 11) is 0. The van der Waals surface area contributed by atoms with Gasteiger partial charge in [-0.15, -0.1) is 0 Å². The second-order valence-corrected chi connectivity index (χ2v) is 7.50. The molecule has 2 aromatic carbocycles. The molecule has 102 valence electrons. The molecular weight excluding hydrogens is 386 g/mol. The molecule has 1 N–H and O–H groups in total. The first-order valence-corrected chi connectivity index (χ1v) is 7.88. The predicted molar refractivity (Wildman–Crippen MR) is 85.1 cm³/mol. The van der Waals surface area contributed by atoms with Crippen LogP contribution >= 0.6 is 31.9 Å². The van der Waals surface area contributed by atoms with Gasteiger partial charge >= 0.3 is 0 Å². The Hall–Kier alpha value is -1.17. The first-order valence-electron chi connectivity index (χ1n) is 6.05. The van der Waals surface area contributed by atoms with E-state index in [9.17, 15) is 5.11 Å². The summed E-state index contributed by atoms with van der Waals surface area (Å²) in [6, 6.07) is 17.3. The third-order valence-corrected chi connectivity index (χ3v) is 4.43. The Kier molecular flexibility index (Phi) is 3.67. The minimum absolute atomic E-state index is 0.468. The van der Waals surface area contributed by atoms with E-state index in [1.807, 2.05) is 54.6 Å². The average molecular weight is 397 g/mol. The molecule has 1 atom stereocenters. The Morgan fingerprint density at radius 2 is 1.65 bits per heavy atom. The highest BCUT2D eigenvalue weighted by atomic mass is 79.9. The molecule has 1 heterocycles. The largest absolute Gasteiger partial charge is 0.352 e. The van der Waals surface area contributed by atoms with E-state index in [4.69, 9.17) is 4.84 Å². The molecule has 0 radical (unpaired) electrons. The molecule has 20 heavy (non-hydrogen) atoms. The molecule has 0 saturated heterocycles. The van der Waals surface area contributed by atoms with Crippen LogP contribution in [0.15, 0.2) is 59.8 Å². The van der Waals surface area contributed by atoms with Crippen LogP contribution in [0.25, 0.3) is 0 Å². The number of aliphatic hydroxyl groups is 1. The maximum Gasteiger partial charge on any atom is 0.283 e. The summed E-state index contributed by atoms with van der Waals surface area (Å²) in [5.74, 6) is -1.53. The lowest BCUT2D eigenvalue weighted by Gasteiger charge is -2.33. The van der Waals surface area contributed by atoms with Crippen molar-refractivity contribution in [1.82, 2.24) is 0 Å². The van der Waals surface area contributed by atoms with E-state index < -0.39 is 9.52 Å². The minimum Gasteiger partial charge on any atom is -0.352 e. The molecule has 0 saturated carbocycles. The summed E-state index contributed by atoms with van der Waals surface area (Å²) >= 11 is 6.62. The highest BCUT2D eigenvalue weighted by Gasteiger charge is 2.44. The van der Waals surface area contributed by atoms with Gasteiger partial charge < -0.3 is 9.94 Å². The Balaban J connectivity index is 2.17. The van der Waals surface area contributed by atoms with Crippen LogP contribution in [0.4, 0.5) is 0 Å². The number of halogens is 2. The van der Waals surface area contributed by atoms with Gasteiger partial charge in [0.05, 0.1) is 0 Å². The monoisotopic (exact) mass is 395 g/mol. The number of rotatable bonds is 2. The number of alkyl halides is 2. The van der Waals surface area contributed by atoms with Crippen molar-refractivity contribution in [2.75, 3.05) is 0 Å². The van der Waals surface area contributed by atoms with Crippen molar-refractivity contribution < 1.29 is 9.94 Å². The summed E-state index contributed by atoms with van der Waals surface area (Å²) in [5.41, 5.74) is 3.19. The summed E-state index contributed by atoms with van der Waals surface area (Å²) < 4.78 is -0.468. The normalized spacial score (nSPS) is 21.1. The van der Waals surface area contributed by atoms with Crippen LogP contribution in [0.2, 0.25) is 0 Å². The smallest absolute Gasteiger partial charge is 0.283 e. The molecule has 0 bridgehead atoms. The highest BCUT2D eigenvalue weighted by molar-refractivity contribution is 9.24. The fourth-order valence-corrected chi connectivity index (χ4v) is 2.84. The molecule has 5 heteroatoms. The van der Waals surface area contributed by atoms with Gasteiger partial charge in [-0.3, -0.25) is 0 Å². The molecule has 1 aliphatic rings. The standard InChI is InChI=1S/C15H11Br2NO2/c16-14(17)15(19)12-9-5-4-8-11(12)13(18-20-15)10-6-2-1-3-7-10/h1-9,14,19H. The minimum atomic E-state index is -1.53. The molecule has 3 nitrogen and oxygen atoms in total. The second-order valence-electron chi connectivity index (χ2n) is 4.44. The lowest BCUT2D eigenvalue weighted by atomic mass is 9.93. The maximum atomic E-state index is 10.6. The summed E-state index contributed by atoms with van der Waals surface area (Å²) in [4.78, 5) is 5.37. The van der Waals surface area contributed by atoms with Crippen molar-refractivity contribution in [1.29, 1.82) is 0 Å². The topological polar surface area (TPSA) is 41.8 Å². The number of fused-ring (bicyclic) bond motifs is 1. The number of benzene rings is 2. The van der Waals surface area contributed by atoms with Crippen LogP contribution in [0.1, 0.15) is 16.7 Å². The molecule has 2 aromatic rings. The first-order chi connectivity index (χ1) is 9.63. The van der Waals surface area contributed by atoms with Gasteiger partial charge in [0.2, 0.25) is 0 Å². The lowest BCUT2D eigenvalue weighted by Crippen LogP contribution is -2.39. The van der Waals surface area contributed by atoms with Gasteiger partial charge in [0.25, 0.3) is 5.79 Å². The number of nitrogens with zero attached hydrogens (tertiary/aromatic N) is 1. The molecule has 1 unspecified atom stereocenters. The van der Waals surface area contributed by atoms with Crippen molar-refractivity contribution in [2.24, 2.45) is 5.16 Å². The van der Waals surface area contributed by atoms with Crippen LogP contribution in [0.5, 0.6) is 0 Å². The molecule has 0 spiro atoms. The zero-order valence-corrected chi connectivity index (χ0v) is 13.5. The Morgan fingerprint density at radius 3 is 2.35 bits per heavy atom. The van der Waals surface area contributed by atoms with Gasteiger partial charge in [0.1, 0.15) is 9.45 Å². The Morgan fingerprint density at radius 1 is 1.00 bits per heavy atom. The van der Waals surface area contributed by atoms with Crippen LogP contribution in [-0.4, -0.2) is 14.6 Å². The van der Waals surface area contributed by atoms with Crippen LogP contribution in [-0.2, 0) is 10.6 Å². The maximum absolute atomic E-state index is 10.6. The van der Waals surface area contributed by atoms with Crippen molar-refractivity contribution in [3.8, 4) is 0 Å². The molecule has 0 fully saturated rings. The Labute approximate surface area is 133 Å². The third kappa shape index (κ3) is 2.20. The van der Waals surface area contributed by atoms with E-state index >= 15 is 0 Å². The van der Waals surface area contributed by atoms with Crippen LogP contribution in [0, 0.1) is 0 Å². The molecule has 0 amide bonds. The van der Waals surface area contributed by atoms with Gasteiger partial charge in [-0.1, -0.05) is 91.6 Å². The van der Waals surface area contributed by atoms with E-state index in [-0.39, 0.29) is 0 Å². The summed E-state index contributed by atoms with van der Waals surface area (Å²) in [6.45, 7) is 0. The van der Waals surface area contributed by atoms with Crippen molar-refractivity contribution in [3.05, 3.63) is 71.3 Å². The van der Waals surface area contributed by atoms with Gasteiger partial charge in [-0.05, 0) is 0 Å². The number of oxime groups is 1. The van der Waals surface area contributed by atoms with Crippen molar-refractivity contribution in [3.63, 3.8) is 0 Å². The van der Waals surface area contributed by atoms with Gasteiger partial charge in [0, 0.05) is 16.7 Å². The SMILES string of the molecule is OC1(C(Br)Br)ON=C(c2ccccc2)c2ccccc21. The van der Waals surface area contributed by atoms with Gasteiger partial charge in [-0.25, -0.2) is 0 Å². The molecule has 0 aromatic heterocycles. The first kappa shape index (κ1) is 13.8. The summed E-state index contributed by atoms with van der Waals surface area (Å²) in [6.07, 6.45) is 0. The van der Waals surface area contributed by atoms with E-state index in [1.54, 1.807) is 0 Å². The van der Waals surface area contributed by atoms with E-state index in [0.717, 1.165) is 11.1 Å². The highest BCUT2D eigenvalue weighted by Crippen LogP contribution is 2.40. The van der Waals surface area contributed by atoms with E-state index in [1.165, 1.54) is 0 Å². The quantitative estimate of drug-likeness (QED) is 0.786. The van der Waals surface area contributed by atoms with Crippen LogP contribution in [0.3, 0.4) is 0 Å². The predicted octanol–water partition coefficient (Wildman–Crippen LogP) is 3.73. The van der Waals surface area contributed by atoms with Crippen LogP contribution < -0.4 is 0 Å². The third-order valence-electron chi connectivity index (χ3n) is 3.19. The van der Waals surface area contributed by atoms with Crippen molar-refractivity contribution in [2.45, 2.75) is 9.52 Å². The van der Waals surface area contributed by atoms with E-state index in [0.29, 0.717) is 11.3 Å². The number of hydrogen-bond donors (Lipinski definition) is 1. The Bertz CT molecular complexity index is 658. The molecule has 1 aliphatic heterocycles. The second kappa shape index (κ2) is 5.31. The zero-order valence-electron chi connectivity index (χ0n) is 10.3. The summed E-state index contributed by atoms with van der Waals surface area (Å²) in [5, 5.41) is 14.8. The van der Waals surface area contributed by atoms with Gasteiger partial charge in [0.15, 0.2) is 0 Å². The lowest BCUT2D eigenvalue weighted by molar-refractivity contribution is -0.201. The molecule has 0 aliphatic carbocycles. The fourth-order valence-electron chi connectivity index (χ4n) is 2.18. The molecular formula is C15H11Br2NO2. The average Bonchev–Trinajstić information content (AvgIpc) is 2.49.